The minimum absolute atomic E-state index is 0.0697. The zero-order valence-corrected chi connectivity index (χ0v) is 16.9. The number of ether oxygens (including phenoxy) is 2. The van der Waals surface area contributed by atoms with E-state index in [1.54, 1.807) is 12.1 Å². The summed E-state index contributed by atoms with van der Waals surface area (Å²) < 4.78 is 63.7. The zero-order valence-electron chi connectivity index (χ0n) is 16.9. The van der Waals surface area contributed by atoms with Crippen molar-refractivity contribution in [2.75, 3.05) is 6.61 Å². The van der Waals surface area contributed by atoms with Crippen LogP contribution in [-0.2, 0) is 24.1 Å². The Balaban J connectivity index is 1.88. The molecule has 2 unspecified atom stereocenters. The van der Waals surface area contributed by atoms with Crippen molar-refractivity contribution >= 4 is 0 Å². The lowest BCUT2D eigenvalue weighted by Crippen LogP contribution is -2.31. The van der Waals surface area contributed by atoms with Gasteiger partial charge in [-0.1, -0.05) is 25.1 Å². The predicted octanol–water partition coefficient (Wildman–Crippen LogP) is 5.72. The third kappa shape index (κ3) is 7.66. The standard InChI is InChI=1S/C22H27F4NO2/c1-4-16(3)28-13-15(2)27-12-18-8-9-20(11-21(18)23)29-14-17-6-5-7-19(10-17)22(24,25)26/h5-11,15-16,27H,4,12-14H2,1-3H3. The van der Waals surface area contributed by atoms with Gasteiger partial charge in [0.05, 0.1) is 18.3 Å². The molecule has 0 aliphatic carbocycles. The van der Waals surface area contributed by atoms with Gasteiger partial charge in [-0.2, -0.15) is 13.2 Å². The largest absolute Gasteiger partial charge is 0.489 e. The van der Waals surface area contributed by atoms with E-state index < -0.39 is 17.6 Å². The summed E-state index contributed by atoms with van der Waals surface area (Å²) in [6.45, 7) is 6.82. The molecule has 0 aliphatic heterocycles. The summed E-state index contributed by atoms with van der Waals surface area (Å²) in [5.41, 5.74) is 0.102. The number of hydrogen-bond acceptors (Lipinski definition) is 3. The van der Waals surface area contributed by atoms with E-state index in [4.69, 9.17) is 9.47 Å². The number of hydrogen-bond donors (Lipinski definition) is 1. The Hall–Kier alpha value is -2.12. The van der Waals surface area contributed by atoms with Gasteiger partial charge in [0, 0.05) is 24.2 Å². The van der Waals surface area contributed by atoms with Crippen LogP contribution >= 0.6 is 0 Å². The van der Waals surface area contributed by atoms with Crippen LogP contribution in [0.5, 0.6) is 5.75 Å². The third-order valence-electron chi connectivity index (χ3n) is 4.53. The number of nitrogens with one attached hydrogen (secondary N) is 1. The molecule has 160 valence electrons. The molecular formula is C22H27F4NO2. The van der Waals surface area contributed by atoms with Crippen molar-refractivity contribution in [1.82, 2.24) is 5.32 Å². The van der Waals surface area contributed by atoms with Crippen LogP contribution in [0.15, 0.2) is 42.5 Å². The Morgan fingerprint density at radius 1 is 1.07 bits per heavy atom. The van der Waals surface area contributed by atoms with E-state index in [2.05, 4.69) is 12.2 Å². The normalized spacial score (nSPS) is 13.9. The number of halogens is 4. The molecule has 0 amide bonds. The van der Waals surface area contributed by atoms with Crippen molar-refractivity contribution in [3.05, 3.63) is 65.0 Å². The first kappa shape index (κ1) is 23.2. The minimum atomic E-state index is -4.41. The lowest BCUT2D eigenvalue weighted by molar-refractivity contribution is -0.137. The fourth-order valence-electron chi connectivity index (χ4n) is 2.53. The molecule has 2 atom stereocenters. The predicted molar refractivity (Wildman–Crippen MR) is 104 cm³/mol. The first-order valence-electron chi connectivity index (χ1n) is 9.61. The lowest BCUT2D eigenvalue weighted by atomic mass is 10.1. The van der Waals surface area contributed by atoms with Crippen LogP contribution in [-0.4, -0.2) is 18.8 Å². The molecule has 0 saturated carbocycles. The van der Waals surface area contributed by atoms with Crippen LogP contribution in [0.2, 0.25) is 0 Å². The van der Waals surface area contributed by atoms with Crippen molar-refractivity contribution in [1.29, 1.82) is 0 Å². The van der Waals surface area contributed by atoms with Crippen molar-refractivity contribution < 1.29 is 27.0 Å². The third-order valence-corrected chi connectivity index (χ3v) is 4.53. The highest BCUT2D eigenvalue weighted by Crippen LogP contribution is 2.29. The molecule has 0 aliphatic rings. The fourth-order valence-corrected chi connectivity index (χ4v) is 2.53. The van der Waals surface area contributed by atoms with Crippen LogP contribution in [0.1, 0.15) is 43.9 Å². The van der Waals surface area contributed by atoms with Crippen molar-refractivity contribution in [2.24, 2.45) is 0 Å². The molecule has 3 nitrogen and oxygen atoms in total. The molecule has 0 fully saturated rings. The van der Waals surface area contributed by atoms with E-state index in [-0.39, 0.29) is 24.5 Å². The number of alkyl halides is 3. The van der Waals surface area contributed by atoms with E-state index in [0.29, 0.717) is 24.3 Å². The molecule has 2 aromatic rings. The Kier molecular flexibility index (Phi) is 8.46. The molecule has 2 rings (SSSR count). The average molecular weight is 413 g/mol. The molecule has 0 radical (unpaired) electrons. The summed E-state index contributed by atoms with van der Waals surface area (Å²) in [6.07, 6.45) is -3.29. The Morgan fingerprint density at radius 3 is 2.48 bits per heavy atom. The van der Waals surface area contributed by atoms with Gasteiger partial charge in [-0.05, 0) is 44.0 Å². The molecule has 0 saturated heterocycles. The summed E-state index contributed by atoms with van der Waals surface area (Å²) in [4.78, 5) is 0. The summed E-state index contributed by atoms with van der Waals surface area (Å²) in [5, 5.41) is 3.20. The second kappa shape index (κ2) is 10.6. The Morgan fingerprint density at radius 2 is 1.83 bits per heavy atom. The van der Waals surface area contributed by atoms with Gasteiger partial charge in [-0.3, -0.25) is 0 Å². The fraction of sp³-hybridized carbons (Fsp3) is 0.455. The number of benzene rings is 2. The van der Waals surface area contributed by atoms with Gasteiger partial charge < -0.3 is 14.8 Å². The molecule has 7 heteroatoms. The van der Waals surface area contributed by atoms with E-state index >= 15 is 0 Å². The van der Waals surface area contributed by atoms with E-state index in [0.717, 1.165) is 18.6 Å². The number of rotatable bonds is 10. The first-order valence-corrected chi connectivity index (χ1v) is 9.61. The molecule has 0 aromatic heterocycles. The van der Waals surface area contributed by atoms with Gasteiger partial charge in [-0.25, -0.2) is 4.39 Å². The summed E-state index contributed by atoms with van der Waals surface area (Å²) in [6, 6.07) is 9.40. The maximum atomic E-state index is 14.3. The maximum absolute atomic E-state index is 14.3. The van der Waals surface area contributed by atoms with Crippen molar-refractivity contribution in [3.63, 3.8) is 0 Å². The molecule has 2 aromatic carbocycles. The van der Waals surface area contributed by atoms with Gasteiger partial charge >= 0.3 is 6.18 Å². The van der Waals surface area contributed by atoms with Gasteiger partial charge in [0.2, 0.25) is 0 Å². The van der Waals surface area contributed by atoms with Crippen LogP contribution in [0.3, 0.4) is 0 Å². The highest BCUT2D eigenvalue weighted by molar-refractivity contribution is 5.30. The van der Waals surface area contributed by atoms with Gasteiger partial charge in [-0.15, -0.1) is 0 Å². The van der Waals surface area contributed by atoms with Gasteiger partial charge in [0.15, 0.2) is 0 Å². The second-order valence-electron chi connectivity index (χ2n) is 7.07. The molecule has 0 bridgehead atoms. The van der Waals surface area contributed by atoms with Crippen molar-refractivity contribution in [2.45, 2.75) is 58.7 Å². The van der Waals surface area contributed by atoms with E-state index in [1.165, 1.54) is 18.2 Å². The molecule has 29 heavy (non-hydrogen) atoms. The van der Waals surface area contributed by atoms with Gasteiger partial charge in [0.25, 0.3) is 0 Å². The molecule has 0 spiro atoms. The highest BCUT2D eigenvalue weighted by atomic mass is 19.4. The van der Waals surface area contributed by atoms with E-state index in [9.17, 15) is 17.6 Å². The quantitative estimate of drug-likeness (QED) is 0.506. The summed E-state index contributed by atoms with van der Waals surface area (Å²) in [7, 11) is 0. The van der Waals surface area contributed by atoms with E-state index in [1.807, 2.05) is 13.8 Å². The average Bonchev–Trinajstić information content (AvgIpc) is 2.69. The smallest absolute Gasteiger partial charge is 0.416 e. The molecule has 0 heterocycles. The van der Waals surface area contributed by atoms with Crippen LogP contribution in [0.4, 0.5) is 17.6 Å². The van der Waals surface area contributed by atoms with Crippen LogP contribution in [0.25, 0.3) is 0 Å². The topological polar surface area (TPSA) is 30.5 Å². The SMILES string of the molecule is CCC(C)OCC(C)NCc1ccc(OCc2cccc(C(F)(F)F)c2)cc1F. The molecule has 1 N–H and O–H groups in total. The lowest BCUT2D eigenvalue weighted by Gasteiger charge is -2.17. The summed E-state index contributed by atoms with van der Waals surface area (Å²) >= 11 is 0. The monoisotopic (exact) mass is 413 g/mol. The van der Waals surface area contributed by atoms with Gasteiger partial charge in [0.1, 0.15) is 18.2 Å². The molecular weight excluding hydrogens is 386 g/mol. The van der Waals surface area contributed by atoms with Crippen LogP contribution < -0.4 is 10.1 Å². The van der Waals surface area contributed by atoms with Crippen LogP contribution in [0, 0.1) is 5.82 Å². The maximum Gasteiger partial charge on any atom is 0.416 e. The Bertz CT molecular complexity index is 780. The highest BCUT2D eigenvalue weighted by Gasteiger charge is 2.30. The minimum Gasteiger partial charge on any atom is -0.489 e. The Labute approximate surface area is 169 Å². The summed E-state index contributed by atoms with van der Waals surface area (Å²) in [5.74, 6) is -0.175. The second-order valence-corrected chi connectivity index (χ2v) is 7.07. The zero-order chi connectivity index (χ0) is 21.4. The van der Waals surface area contributed by atoms with Crippen molar-refractivity contribution in [3.8, 4) is 5.75 Å². The first-order chi connectivity index (χ1) is 13.7.